The second-order valence-electron chi connectivity index (χ2n) is 9.35. The van der Waals surface area contributed by atoms with E-state index >= 15 is 0 Å². The lowest BCUT2D eigenvalue weighted by molar-refractivity contribution is -0.134. The zero-order valence-electron chi connectivity index (χ0n) is 18.4. The van der Waals surface area contributed by atoms with Crippen LogP contribution in [0.3, 0.4) is 0 Å². The molecule has 0 saturated carbocycles. The first-order chi connectivity index (χ1) is 15.6. The molecule has 1 unspecified atom stereocenters. The number of fused-ring (bicyclic) bond motifs is 1. The van der Waals surface area contributed by atoms with Crippen molar-refractivity contribution < 1.29 is 14.4 Å². The highest BCUT2D eigenvalue weighted by Crippen LogP contribution is 2.27. The highest BCUT2D eigenvalue weighted by Gasteiger charge is 2.38. The minimum Gasteiger partial charge on any atom is -0.342 e. The number of rotatable bonds is 4. The average molecular weight is 435 g/mol. The van der Waals surface area contributed by atoms with Gasteiger partial charge in [0, 0.05) is 57.3 Å². The molecule has 7 heteroatoms. The van der Waals surface area contributed by atoms with Gasteiger partial charge in [-0.2, -0.15) is 0 Å². The van der Waals surface area contributed by atoms with Crippen LogP contribution in [0, 0.1) is 11.8 Å². The predicted molar refractivity (Wildman–Crippen MR) is 121 cm³/mol. The van der Waals surface area contributed by atoms with Crippen molar-refractivity contribution in [3.63, 3.8) is 0 Å². The number of benzene rings is 1. The van der Waals surface area contributed by atoms with Crippen LogP contribution in [0.25, 0.3) is 10.8 Å². The van der Waals surface area contributed by atoms with Gasteiger partial charge in [0.2, 0.25) is 11.8 Å². The summed E-state index contributed by atoms with van der Waals surface area (Å²) < 4.78 is 0. The Bertz CT molecular complexity index is 1020. The number of nitrogens with zero attached hydrogens (tertiary/aromatic N) is 4. The smallest absolute Gasteiger partial charge is 0.273 e. The van der Waals surface area contributed by atoms with E-state index in [1.54, 1.807) is 6.20 Å². The van der Waals surface area contributed by atoms with Crippen LogP contribution >= 0.6 is 0 Å². The highest BCUT2D eigenvalue weighted by atomic mass is 16.2. The summed E-state index contributed by atoms with van der Waals surface area (Å²) in [5.41, 5.74) is 0.513. The molecular weight excluding hydrogens is 404 g/mol. The van der Waals surface area contributed by atoms with Crippen LogP contribution in [0.5, 0.6) is 0 Å². The Labute approximate surface area is 188 Å². The van der Waals surface area contributed by atoms with E-state index in [-0.39, 0.29) is 23.6 Å². The molecule has 0 N–H and O–H groups in total. The third kappa shape index (κ3) is 4.08. The fraction of sp³-hybridized carbons (Fsp3) is 0.520. The Balaban J connectivity index is 1.16. The Morgan fingerprint density at radius 2 is 1.72 bits per heavy atom. The van der Waals surface area contributed by atoms with E-state index in [0.717, 1.165) is 49.5 Å². The molecule has 168 valence electrons. The fourth-order valence-electron chi connectivity index (χ4n) is 5.38. The van der Waals surface area contributed by atoms with Gasteiger partial charge in [0.15, 0.2) is 0 Å². The Hall–Kier alpha value is -2.96. The third-order valence-corrected chi connectivity index (χ3v) is 7.24. The molecule has 4 heterocycles. The molecule has 1 aromatic carbocycles. The molecule has 7 nitrogen and oxygen atoms in total. The Morgan fingerprint density at radius 1 is 0.969 bits per heavy atom. The van der Waals surface area contributed by atoms with Gasteiger partial charge in [-0.15, -0.1) is 0 Å². The zero-order valence-corrected chi connectivity index (χ0v) is 18.4. The maximum atomic E-state index is 13.1. The first-order valence-electron chi connectivity index (χ1n) is 11.8. The molecule has 3 saturated heterocycles. The first kappa shape index (κ1) is 20.9. The minimum absolute atomic E-state index is 0.0197. The van der Waals surface area contributed by atoms with Gasteiger partial charge in [-0.3, -0.25) is 19.4 Å². The molecule has 0 aliphatic carbocycles. The second-order valence-corrected chi connectivity index (χ2v) is 9.35. The molecule has 0 bridgehead atoms. The van der Waals surface area contributed by atoms with Gasteiger partial charge >= 0.3 is 0 Å². The van der Waals surface area contributed by atoms with Crippen molar-refractivity contribution >= 4 is 28.5 Å². The lowest BCUT2D eigenvalue weighted by Crippen LogP contribution is -2.42. The minimum atomic E-state index is -0.181. The standard InChI is InChI=1S/C25H30N4O3/c30-22-15-20(24(31)27-11-3-4-12-27)17-29(22)16-18-8-13-28(14-9-18)25(32)23-21-6-2-1-5-19(21)7-10-26-23/h1-2,5-7,10,18,20H,3-4,8-9,11-17H2. The maximum absolute atomic E-state index is 13.1. The van der Waals surface area contributed by atoms with Crippen molar-refractivity contribution in [3.05, 3.63) is 42.2 Å². The summed E-state index contributed by atoms with van der Waals surface area (Å²) in [6.07, 6.45) is 5.92. The first-order valence-corrected chi connectivity index (χ1v) is 11.8. The van der Waals surface area contributed by atoms with Crippen molar-refractivity contribution in [2.45, 2.75) is 32.1 Å². The lowest BCUT2D eigenvalue weighted by Gasteiger charge is -2.34. The van der Waals surface area contributed by atoms with E-state index in [0.29, 0.717) is 44.2 Å². The van der Waals surface area contributed by atoms with Gasteiger partial charge in [0.25, 0.3) is 5.91 Å². The van der Waals surface area contributed by atoms with Crippen molar-refractivity contribution in [1.82, 2.24) is 19.7 Å². The number of carbonyl (C=O) groups excluding carboxylic acids is 3. The third-order valence-electron chi connectivity index (χ3n) is 7.24. The van der Waals surface area contributed by atoms with E-state index in [4.69, 9.17) is 0 Å². The van der Waals surface area contributed by atoms with E-state index < -0.39 is 0 Å². The molecule has 0 radical (unpaired) electrons. The van der Waals surface area contributed by atoms with Crippen molar-refractivity contribution in [1.29, 1.82) is 0 Å². The van der Waals surface area contributed by atoms with E-state index in [1.165, 1.54) is 0 Å². The largest absolute Gasteiger partial charge is 0.342 e. The summed E-state index contributed by atoms with van der Waals surface area (Å²) in [7, 11) is 0. The topological polar surface area (TPSA) is 73.8 Å². The van der Waals surface area contributed by atoms with Crippen LogP contribution in [0.4, 0.5) is 0 Å². The fourth-order valence-corrected chi connectivity index (χ4v) is 5.38. The van der Waals surface area contributed by atoms with E-state index in [1.807, 2.05) is 45.0 Å². The van der Waals surface area contributed by atoms with Crippen molar-refractivity contribution in [2.75, 3.05) is 39.3 Å². The number of hydrogen-bond acceptors (Lipinski definition) is 4. The van der Waals surface area contributed by atoms with Gasteiger partial charge in [0.05, 0.1) is 5.92 Å². The van der Waals surface area contributed by atoms with Crippen LogP contribution < -0.4 is 0 Å². The highest BCUT2D eigenvalue weighted by molar-refractivity contribution is 6.05. The zero-order chi connectivity index (χ0) is 22.1. The van der Waals surface area contributed by atoms with E-state index in [2.05, 4.69) is 4.98 Å². The molecule has 1 aromatic heterocycles. The number of pyridine rings is 1. The number of aromatic nitrogens is 1. The van der Waals surface area contributed by atoms with E-state index in [9.17, 15) is 14.4 Å². The quantitative estimate of drug-likeness (QED) is 0.741. The summed E-state index contributed by atoms with van der Waals surface area (Å²) in [6, 6.07) is 9.76. The molecule has 5 rings (SSSR count). The number of carbonyl (C=O) groups is 3. The summed E-state index contributed by atoms with van der Waals surface area (Å²) >= 11 is 0. The second kappa shape index (κ2) is 8.88. The SMILES string of the molecule is O=C1CC(C(=O)N2CCCC2)CN1CC1CCN(C(=O)c2nccc3ccccc23)CC1. The number of likely N-dealkylation sites (tertiary alicyclic amines) is 3. The normalized spacial score (nSPS) is 22.2. The summed E-state index contributed by atoms with van der Waals surface area (Å²) in [4.78, 5) is 48.4. The molecule has 0 spiro atoms. The summed E-state index contributed by atoms with van der Waals surface area (Å²) in [5, 5.41) is 1.91. The van der Waals surface area contributed by atoms with Crippen molar-refractivity contribution in [2.24, 2.45) is 11.8 Å². The van der Waals surface area contributed by atoms with Crippen LogP contribution in [0.15, 0.2) is 36.5 Å². The number of amides is 3. The molecule has 3 aliphatic heterocycles. The van der Waals surface area contributed by atoms with Crippen LogP contribution in [-0.4, -0.2) is 76.7 Å². The Morgan fingerprint density at radius 3 is 2.50 bits per heavy atom. The molecule has 32 heavy (non-hydrogen) atoms. The molecule has 3 fully saturated rings. The van der Waals surface area contributed by atoms with Gasteiger partial charge in [-0.05, 0) is 43.1 Å². The van der Waals surface area contributed by atoms with Gasteiger partial charge in [-0.25, -0.2) is 0 Å². The van der Waals surface area contributed by atoms with Crippen molar-refractivity contribution in [3.8, 4) is 0 Å². The summed E-state index contributed by atoms with van der Waals surface area (Å²) in [6.45, 7) is 4.26. The molecule has 2 aromatic rings. The molecule has 1 atom stereocenters. The monoisotopic (exact) mass is 434 g/mol. The molecule has 3 amide bonds. The molecule has 3 aliphatic rings. The number of piperidine rings is 1. The maximum Gasteiger partial charge on any atom is 0.273 e. The lowest BCUT2D eigenvalue weighted by atomic mass is 9.95. The van der Waals surface area contributed by atoms with Gasteiger partial charge in [-0.1, -0.05) is 24.3 Å². The van der Waals surface area contributed by atoms with Crippen LogP contribution in [0.1, 0.15) is 42.6 Å². The average Bonchev–Trinajstić information content (AvgIpc) is 3.49. The van der Waals surface area contributed by atoms with Crippen LogP contribution in [0.2, 0.25) is 0 Å². The summed E-state index contributed by atoms with van der Waals surface area (Å²) in [5.74, 6) is 0.417. The van der Waals surface area contributed by atoms with Crippen LogP contribution in [-0.2, 0) is 9.59 Å². The van der Waals surface area contributed by atoms with Gasteiger partial charge in [0.1, 0.15) is 5.69 Å². The molecular formula is C25H30N4O3. The number of hydrogen-bond donors (Lipinski definition) is 0. The predicted octanol–water partition coefficient (Wildman–Crippen LogP) is 2.56. The van der Waals surface area contributed by atoms with Gasteiger partial charge < -0.3 is 14.7 Å². The Kier molecular flexibility index (Phi) is 5.81.